The Balaban J connectivity index is 1.83. The van der Waals surface area contributed by atoms with Gasteiger partial charge in [-0.3, -0.25) is 4.99 Å². The summed E-state index contributed by atoms with van der Waals surface area (Å²) in [5.74, 6) is 1.41. The number of nitrogens with two attached hydrogens (primary N) is 1. The number of aryl methyl sites for hydroxylation is 2. The van der Waals surface area contributed by atoms with E-state index in [-0.39, 0.29) is 0 Å². The number of benzene rings is 1. The highest BCUT2D eigenvalue weighted by molar-refractivity contribution is 5.77. The third-order valence-corrected chi connectivity index (χ3v) is 3.18. The van der Waals surface area contributed by atoms with Gasteiger partial charge in [0.25, 0.3) is 0 Å². The summed E-state index contributed by atoms with van der Waals surface area (Å²) in [5, 5.41) is 3.03. The van der Waals surface area contributed by atoms with Gasteiger partial charge in [-0.1, -0.05) is 30.3 Å². The van der Waals surface area contributed by atoms with E-state index < -0.39 is 0 Å². The van der Waals surface area contributed by atoms with Gasteiger partial charge in [-0.15, -0.1) is 0 Å². The van der Waals surface area contributed by atoms with Gasteiger partial charge >= 0.3 is 0 Å². The highest BCUT2D eigenvalue weighted by Crippen LogP contribution is 2.05. The molecule has 0 unspecified atom stereocenters. The van der Waals surface area contributed by atoms with Crippen LogP contribution in [0.2, 0.25) is 0 Å². The number of nitrogens with one attached hydrogen (secondary N) is 1. The lowest BCUT2D eigenvalue weighted by atomic mass is 10.1. The fourth-order valence-corrected chi connectivity index (χ4v) is 2.06. The molecule has 1 aromatic carbocycles. The summed E-state index contributed by atoms with van der Waals surface area (Å²) in [6.45, 7) is 1.55. The lowest BCUT2D eigenvalue weighted by molar-refractivity contribution is 0.602. The minimum atomic E-state index is 0.434. The third kappa shape index (κ3) is 4.12. The fraction of sp³-hybridized carbons (Fsp3) is 0.333. The number of guanidine groups is 1. The maximum absolute atomic E-state index is 5.62. The zero-order valence-corrected chi connectivity index (χ0v) is 11.8. The van der Waals surface area contributed by atoms with Crippen molar-refractivity contribution in [1.82, 2.24) is 14.9 Å². The van der Waals surface area contributed by atoms with Crippen LogP contribution in [0, 0.1) is 0 Å². The Labute approximate surface area is 119 Å². The van der Waals surface area contributed by atoms with E-state index in [0.29, 0.717) is 12.5 Å². The normalized spacial score (nSPS) is 11.6. The summed E-state index contributed by atoms with van der Waals surface area (Å²) >= 11 is 0. The van der Waals surface area contributed by atoms with E-state index in [9.17, 15) is 0 Å². The number of rotatable bonds is 6. The predicted octanol–water partition coefficient (Wildman–Crippen LogP) is 1.55. The van der Waals surface area contributed by atoms with Gasteiger partial charge < -0.3 is 15.6 Å². The Morgan fingerprint density at radius 1 is 1.35 bits per heavy atom. The van der Waals surface area contributed by atoms with E-state index in [4.69, 9.17) is 5.73 Å². The molecule has 2 rings (SSSR count). The van der Waals surface area contributed by atoms with Gasteiger partial charge in [0.15, 0.2) is 5.96 Å². The lowest BCUT2D eigenvalue weighted by Crippen LogP contribution is -2.31. The molecule has 0 saturated heterocycles. The molecule has 0 atom stereocenters. The summed E-state index contributed by atoms with van der Waals surface area (Å²) in [5.41, 5.74) is 6.99. The minimum Gasteiger partial charge on any atom is -0.370 e. The van der Waals surface area contributed by atoms with E-state index >= 15 is 0 Å². The molecule has 0 saturated carbocycles. The highest BCUT2D eigenvalue weighted by atomic mass is 15.1. The Morgan fingerprint density at radius 3 is 2.90 bits per heavy atom. The van der Waals surface area contributed by atoms with Crippen molar-refractivity contribution in [3.63, 3.8) is 0 Å². The topological polar surface area (TPSA) is 68.2 Å². The molecule has 1 heterocycles. The first-order chi connectivity index (χ1) is 9.79. The Kier molecular flexibility index (Phi) is 5.17. The molecule has 20 heavy (non-hydrogen) atoms. The molecule has 0 aliphatic carbocycles. The van der Waals surface area contributed by atoms with E-state index in [2.05, 4.69) is 44.1 Å². The molecule has 3 N–H and O–H groups in total. The molecule has 5 heteroatoms. The van der Waals surface area contributed by atoms with Crippen LogP contribution in [-0.4, -0.2) is 22.6 Å². The first kappa shape index (κ1) is 14.1. The third-order valence-electron chi connectivity index (χ3n) is 3.18. The molecule has 0 bridgehead atoms. The SMILES string of the molecule is CN=C(N)NCc1nccn1CCCc1ccccc1. The molecule has 106 valence electrons. The van der Waals surface area contributed by atoms with Gasteiger partial charge in [0, 0.05) is 26.0 Å². The minimum absolute atomic E-state index is 0.434. The van der Waals surface area contributed by atoms with E-state index in [1.54, 1.807) is 7.05 Å². The molecule has 0 radical (unpaired) electrons. The Bertz CT molecular complexity index is 544. The highest BCUT2D eigenvalue weighted by Gasteiger charge is 2.03. The van der Waals surface area contributed by atoms with Crippen molar-refractivity contribution in [3.8, 4) is 0 Å². The average Bonchev–Trinajstić information content (AvgIpc) is 2.93. The van der Waals surface area contributed by atoms with Crippen molar-refractivity contribution in [2.45, 2.75) is 25.9 Å². The number of nitrogens with zero attached hydrogens (tertiary/aromatic N) is 3. The maximum Gasteiger partial charge on any atom is 0.188 e. The lowest BCUT2D eigenvalue weighted by Gasteiger charge is -2.09. The van der Waals surface area contributed by atoms with E-state index in [1.165, 1.54) is 5.56 Å². The zero-order chi connectivity index (χ0) is 14.2. The number of aliphatic imine (C=N–C) groups is 1. The first-order valence-corrected chi connectivity index (χ1v) is 6.79. The van der Waals surface area contributed by atoms with Gasteiger partial charge in [0.1, 0.15) is 5.82 Å². The van der Waals surface area contributed by atoms with Crippen LogP contribution in [0.1, 0.15) is 17.8 Å². The van der Waals surface area contributed by atoms with Crippen LogP contribution in [-0.2, 0) is 19.5 Å². The van der Waals surface area contributed by atoms with Crippen molar-refractivity contribution in [1.29, 1.82) is 0 Å². The van der Waals surface area contributed by atoms with Crippen LogP contribution < -0.4 is 11.1 Å². The molecular formula is C15H21N5. The van der Waals surface area contributed by atoms with Crippen molar-refractivity contribution in [3.05, 3.63) is 54.1 Å². The summed E-state index contributed by atoms with van der Waals surface area (Å²) in [6, 6.07) is 10.5. The van der Waals surface area contributed by atoms with Crippen LogP contribution in [0.5, 0.6) is 0 Å². The van der Waals surface area contributed by atoms with Crippen molar-refractivity contribution >= 4 is 5.96 Å². The molecule has 1 aromatic heterocycles. The van der Waals surface area contributed by atoms with Crippen LogP contribution in [0.4, 0.5) is 0 Å². The summed E-state index contributed by atoms with van der Waals surface area (Å²) in [7, 11) is 1.66. The number of hydrogen-bond acceptors (Lipinski definition) is 2. The smallest absolute Gasteiger partial charge is 0.188 e. The Hall–Kier alpha value is -2.30. The standard InChI is InChI=1S/C15H21N5/c1-17-15(16)19-12-14-18-9-11-20(14)10-5-8-13-6-3-2-4-7-13/h2-4,6-7,9,11H,5,8,10,12H2,1H3,(H3,16,17,19). The van der Waals surface area contributed by atoms with Crippen LogP contribution >= 0.6 is 0 Å². The van der Waals surface area contributed by atoms with Crippen molar-refractivity contribution in [2.24, 2.45) is 10.7 Å². The van der Waals surface area contributed by atoms with Crippen LogP contribution in [0.25, 0.3) is 0 Å². The quantitative estimate of drug-likeness (QED) is 0.618. The zero-order valence-electron chi connectivity index (χ0n) is 11.8. The molecule has 0 spiro atoms. The first-order valence-electron chi connectivity index (χ1n) is 6.79. The second-order valence-electron chi connectivity index (χ2n) is 4.59. The van der Waals surface area contributed by atoms with Gasteiger partial charge in [-0.25, -0.2) is 4.98 Å². The molecule has 0 fully saturated rings. The molecule has 2 aromatic rings. The number of aromatic nitrogens is 2. The summed E-state index contributed by atoms with van der Waals surface area (Å²) < 4.78 is 2.15. The van der Waals surface area contributed by atoms with E-state index in [1.807, 2.05) is 18.5 Å². The average molecular weight is 271 g/mol. The second kappa shape index (κ2) is 7.33. The molecule has 0 aliphatic rings. The second-order valence-corrected chi connectivity index (χ2v) is 4.59. The largest absolute Gasteiger partial charge is 0.370 e. The molecule has 5 nitrogen and oxygen atoms in total. The van der Waals surface area contributed by atoms with Crippen LogP contribution in [0.15, 0.2) is 47.7 Å². The van der Waals surface area contributed by atoms with E-state index in [0.717, 1.165) is 25.2 Å². The fourth-order valence-electron chi connectivity index (χ4n) is 2.06. The van der Waals surface area contributed by atoms with Crippen molar-refractivity contribution in [2.75, 3.05) is 7.05 Å². The van der Waals surface area contributed by atoms with Crippen LogP contribution in [0.3, 0.4) is 0 Å². The van der Waals surface area contributed by atoms with Gasteiger partial charge in [-0.2, -0.15) is 0 Å². The summed E-state index contributed by atoms with van der Waals surface area (Å²) in [6.07, 6.45) is 5.98. The van der Waals surface area contributed by atoms with Gasteiger partial charge in [0.05, 0.1) is 6.54 Å². The molecule has 0 amide bonds. The predicted molar refractivity (Wildman–Crippen MR) is 81.4 cm³/mol. The monoisotopic (exact) mass is 271 g/mol. The van der Waals surface area contributed by atoms with Gasteiger partial charge in [-0.05, 0) is 18.4 Å². The maximum atomic E-state index is 5.62. The van der Waals surface area contributed by atoms with Gasteiger partial charge in [0.2, 0.25) is 0 Å². The van der Waals surface area contributed by atoms with Crippen molar-refractivity contribution < 1.29 is 0 Å². The Morgan fingerprint density at radius 2 is 2.15 bits per heavy atom. The number of hydrogen-bond donors (Lipinski definition) is 2. The number of imidazole rings is 1. The molecule has 0 aliphatic heterocycles. The summed E-state index contributed by atoms with van der Waals surface area (Å²) in [4.78, 5) is 8.20. The molecular weight excluding hydrogens is 250 g/mol.